The summed E-state index contributed by atoms with van der Waals surface area (Å²) in [6.07, 6.45) is 2.11. The lowest BCUT2D eigenvalue weighted by atomic mass is 9.82. The summed E-state index contributed by atoms with van der Waals surface area (Å²) >= 11 is 0. The van der Waals surface area contributed by atoms with Crippen molar-refractivity contribution in [3.8, 4) is 33.4 Å². The number of para-hydroxylation sites is 2. The highest BCUT2D eigenvalue weighted by atomic mass is 14.9. The van der Waals surface area contributed by atoms with Crippen LogP contribution in [-0.2, 0) is 6.42 Å². The lowest BCUT2D eigenvalue weighted by molar-refractivity contribution is 0.663. The minimum atomic E-state index is 0.438. The van der Waals surface area contributed by atoms with E-state index in [9.17, 15) is 0 Å². The number of fused-ring (bicyclic) bond motifs is 12. The Hall–Kier alpha value is -4.88. The molecule has 2 bridgehead atoms. The van der Waals surface area contributed by atoms with Gasteiger partial charge < -0.3 is 4.40 Å². The van der Waals surface area contributed by atoms with Gasteiger partial charge in [0, 0.05) is 21.5 Å². The van der Waals surface area contributed by atoms with E-state index >= 15 is 0 Å². The lowest BCUT2D eigenvalue weighted by Gasteiger charge is -2.22. The van der Waals surface area contributed by atoms with E-state index < -0.39 is 0 Å². The minimum absolute atomic E-state index is 0.438. The summed E-state index contributed by atoms with van der Waals surface area (Å²) < 4.78 is 2.50. The zero-order valence-electron chi connectivity index (χ0n) is 24.0. The monoisotopic (exact) mass is 537 g/mol. The quantitative estimate of drug-likeness (QED) is 0.207. The second-order valence-corrected chi connectivity index (χ2v) is 12.0. The van der Waals surface area contributed by atoms with E-state index in [0.29, 0.717) is 5.92 Å². The van der Waals surface area contributed by atoms with Crippen molar-refractivity contribution in [2.75, 3.05) is 0 Å². The van der Waals surface area contributed by atoms with Gasteiger partial charge in [0.1, 0.15) is 0 Å². The molecule has 1 aliphatic rings. The van der Waals surface area contributed by atoms with Gasteiger partial charge in [0.25, 0.3) is 0 Å². The zero-order valence-corrected chi connectivity index (χ0v) is 24.0. The Morgan fingerprint density at radius 1 is 0.548 bits per heavy atom. The largest absolute Gasteiger partial charge is 0.308 e. The van der Waals surface area contributed by atoms with Crippen LogP contribution in [-0.4, -0.2) is 4.40 Å². The maximum absolute atomic E-state index is 2.50. The molecule has 2 aromatic heterocycles. The van der Waals surface area contributed by atoms with Crippen LogP contribution in [0.5, 0.6) is 0 Å². The molecule has 0 fully saturated rings. The van der Waals surface area contributed by atoms with Gasteiger partial charge in [-0.2, -0.15) is 0 Å². The molecule has 0 aliphatic heterocycles. The summed E-state index contributed by atoms with van der Waals surface area (Å²) in [5, 5.41) is 5.35. The first-order valence-electron chi connectivity index (χ1n) is 15.2. The molecule has 1 aliphatic carbocycles. The van der Waals surface area contributed by atoms with Crippen LogP contribution >= 0.6 is 0 Å². The predicted molar refractivity (Wildman–Crippen MR) is 179 cm³/mol. The van der Waals surface area contributed by atoms with Crippen molar-refractivity contribution in [1.82, 2.24) is 4.40 Å². The predicted octanol–water partition coefficient (Wildman–Crippen LogP) is 11.2. The molecule has 8 aromatic rings. The summed E-state index contributed by atoms with van der Waals surface area (Å²) in [5.74, 6) is 0.438. The molecule has 0 N–H and O–H groups in total. The second kappa shape index (κ2) is 8.81. The van der Waals surface area contributed by atoms with Crippen molar-refractivity contribution in [3.63, 3.8) is 0 Å². The van der Waals surface area contributed by atoms with Gasteiger partial charge >= 0.3 is 0 Å². The molecule has 0 saturated heterocycles. The normalized spacial score (nSPS) is 14.7. The van der Waals surface area contributed by atoms with Crippen molar-refractivity contribution < 1.29 is 0 Å². The van der Waals surface area contributed by atoms with Crippen LogP contribution in [0.4, 0.5) is 0 Å². The summed E-state index contributed by atoms with van der Waals surface area (Å²) in [7, 11) is 0. The van der Waals surface area contributed by atoms with Crippen LogP contribution in [0.25, 0.3) is 71.5 Å². The van der Waals surface area contributed by atoms with Crippen LogP contribution in [0.3, 0.4) is 0 Å². The highest BCUT2D eigenvalue weighted by Gasteiger charge is 2.26. The molecule has 200 valence electrons. The van der Waals surface area contributed by atoms with Gasteiger partial charge in [0.15, 0.2) is 0 Å². The molecule has 1 heteroatoms. The molecule has 42 heavy (non-hydrogen) atoms. The fourth-order valence-electron chi connectivity index (χ4n) is 8.05. The number of aromatic nitrogens is 1. The molecule has 0 saturated carbocycles. The first-order valence-corrected chi connectivity index (χ1v) is 15.2. The third-order valence-electron chi connectivity index (χ3n) is 9.97. The van der Waals surface area contributed by atoms with Crippen LogP contribution in [0.1, 0.15) is 36.0 Å². The molecule has 0 radical (unpaired) electrons. The number of hydrogen-bond acceptors (Lipinski definition) is 0. The van der Waals surface area contributed by atoms with Gasteiger partial charge in [-0.05, 0) is 87.9 Å². The van der Waals surface area contributed by atoms with Gasteiger partial charge in [-0.15, -0.1) is 0 Å². The van der Waals surface area contributed by atoms with Crippen molar-refractivity contribution in [2.24, 2.45) is 0 Å². The Balaban J connectivity index is 1.40. The van der Waals surface area contributed by atoms with E-state index in [1.165, 1.54) is 88.2 Å². The molecule has 2 heterocycles. The maximum atomic E-state index is 2.50. The third-order valence-corrected chi connectivity index (χ3v) is 9.97. The van der Waals surface area contributed by atoms with Gasteiger partial charge in [-0.1, -0.05) is 116 Å². The average molecular weight is 538 g/mol. The summed E-state index contributed by atoms with van der Waals surface area (Å²) in [6.45, 7) is 4.66. The van der Waals surface area contributed by atoms with Gasteiger partial charge in [-0.25, -0.2) is 0 Å². The van der Waals surface area contributed by atoms with Crippen LogP contribution in [0.15, 0.2) is 121 Å². The van der Waals surface area contributed by atoms with E-state index in [4.69, 9.17) is 0 Å². The van der Waals surface area contributed by atoms with Gasteiger partial charge in [0.05, 0.1) is 16.6 Å². The second-order valence-electron chi connectivity index (χ2n) is 12.0. The topological polar surface area (TPSA) is 4.41 Å². The molecule has 1 unspecified atom stereocenters. The Kier molecular flexibility index (Phi) is 4.99. The van der Waals surface area contributed by atoms with E-state index in [1.54, 1.807) is 0 Å². The fraction of sp³-hybridized carbons (Fsp3) is 0.122. The first-order chi connectivity index (χ1) is 20.7. The Morgan fingerprint density at radius 2 is 1.12 bits per heavy atom. The maximum Gasteiger partial charge on any atom is 0.0620 e. The smallest absolute Gasteiger partial charge is 0.0620 e. The zero-order chi connectivity index (χ0) is 27.9. The van der Waals surface area contributed by atoms with Crippen LogP contribution in [0.2, 0.25) is 0 Å². The number of hydrogen-bond donors (Lipinski definition) is 0. The van der Waals surface area contributed by atoms with E-state index in [-0.39, 0.29) is 0 Å². The van der Waals surface area contributed by atoms with Crippen molar-refractivity contribution in [3.05, 3.63) is 138 Å². The van der Waals surface area contributed by atoms with Gasteiger partial charge in [0.2, 0.25) is 0 Å². The highest BCUT2D eigenvalue weighted by molar-refractivity contribution is 6.26. The van der Waals surface area contributed by atoms with Crippen molar-refractivity contribution in [2.45, 2.75) is 32.6 Å². The minimum Gasteiger partial charge on any atom is -0.308 e. The van der Waals surface area contributed by atoms with Crippen LogP contribution in [0, 0.1) is 6.92 Å². The molecule has 1 nitrogen and oxygen atoms in total. The molecule has 0 amide bonds. The number of nitrogens with zero attached hydrogens (tertiary/aromatic N) is 1. The van der Waals surface area contributed by atoms with Crippen LogP contribution < -0.4 is 0 Å². The molecule has 9 rings (SSSR count). The molecule has 6 aromatic carbocycles. The Labute approximate surface area is 246 Å². The van der Waals surface area contributed by atoms with E-state index in [0.717, 1.165) is 12.8 Å². The first kappa shape index (κ1) is 23.8. The molecular formula is C41H31N. The third kappa shape index (κ3) is 3.09. The summed E-state index contributed by atoms with van der Waals surface area (Å²) in [6, 6.07) is 45.6. The molecule has 1 atom stereocenters. The van der Waals surface area contributed by atoms with Gasteiger partial charge in [-0.3, -0.25) is 0 Å². The van der Waals surface area contributed by atoms with Crippen molar-refractivity contribution in [1.29, 1.82) is 0 Å². The Bertz CT molecular complexity index is 2330. The summed E-state index contributed by atoms with van der Waals surface area (Å²) in [5.41, 5.74) is 16.4. The highest BCUT2D eigenvalue weighted by Crippen LogP contribution is 2.47. The molecule has 0 spiro atoms. The Morgan fingerprint density at radius 3 is 1.98 bits per heavy atom. The lowest BCUT2D eigenvalue weighted by Crippen LogP contribution is -2.05. The number of benzene rings is 6. The average Bonchev–Trinajstić information content (AvgIpc) is 3.56. The van der Waals surface area contributed by atoms with E-state index in [2.05, 4.69) is 140 Å². The number of rotatable bonds is 2. The summed E-state index contributed by atoms with van der Waals surface area (Å²) in [4.78, 5) is 0. The SMILES string of the molecule is CCC1Cc2c(cccc2-c2cccc3c2c2cccc4c5ccccc5n3c42)-c2cccc(c2C)-c2ccccc21. The van der Waals surface area contributed by atoms with Crippen molar-refractivity contribution >= 4 is 38.1 Å². The standard InChI is InChI=1S/C41H31N/c1-3-26-24-37-31(28-16-8-15-27(25(28)2)30-13-5-4-12-29(26)30)17-9-18-32(37)34-19-11-23-39-40(34)36-21-10-20-35-33-14-6-7-22-38(33)42(39)41(35)36/h4-23,26H,3,24H2,1-2H3. The fourth-order valence-corrected chi connectivity index (χ4v) is 8.05. The molecular weight excluding hydrogens is 506 g/mol. The van der Waals surface area contributed by atoms with E-state index in [1.807, 2.05) is 0 Å².